The lowest BCUT2D eigenvalue weighted by atomic mass is 9.92. The molecule has 1 unspecified atom stereocenters. The molecule has 25 heavy (non-hydrogen) atoms. The normalized spacial score (nSPS) is 28.6. The number of hydrogen-bond acceptors (Lipinski definition) is 6. The van der Waals surface area contributed by atoms with Crippen molar-refractivity contribution in [2.24, 2.45) is 0 Å². The SMILES string of the molecule is B[C@@H]1O[C@H](CC)[C@H](O)C1OCOCCN1C(=O)c2ccccc2C1=O. The van der Waals surface area contributed by atoms with E-state index in [0.29, 0.717) is 17.5 Å². The van der Waals surface area contributed by atoms with Gasteiger partial charge in [-0.1, -0.05) is 19.1 Å². The number of aliphatic hydroxyl groups excluding tert-OH is 1. The average Bonchev–Trinajstić information content (AvgIpc) is 3.03. The number of rotatable bonds is 7. The summed E-state index contributed by atoms with van der Waals surface area (Å²) in [6.07, 6.45) is -0.631. The summed E-state index contributed by atoms with van der Waals surface area (Å²) in [6.45, 7) is 2.24. The minimum atomic E-state index is -0.681. The minimum Gasteiger partial charge on any atom is -0.388 e. The van der Waals surface area contributed by atoms with Crippen molar-refractivity contribution in [2.45, 2.75) is 37.7 Å². The van der Waals surface area contributed by atoms with E-state index in [-0.39, 0.29) is 43.9 Å². The first-order valence-corrected chi connectivity index (χ1v) is 8.52. The van der Waals surface area contributed by atoms with Crippen LogP contribution in [0.4, 0.5) is 0 Å². The molecule has 8 heteroatoms. The third kappa shape index (κ3) is 3.48. The number of amides is 2. The van der Waals surface area contributed by atoms with Crippen LogP contribution in [0.3, 0.4) is 0 Å². The van der Waals surface area contributed by atoms with Gasteiger partial charge in [0.15, 0.2) is 0 Å². The van der Waals surface area contributed by atoms with Gasteiger partial charge >= 0.3 is 0 Å². The Bertz CT molecular complexity index is 619. The van der Waals surface area contributed by atoms with Crippen LogP contribution in [-0.4, -0.2) is 73.9 Å². The van der Waals surface area contributed by atoms with Crippen molar-refractivity contribution >= 4 is 19.7 Å². The van der Waals surface area contributed by atoms with E-state index in [2.05, 4.69) is 0 Å². The number of imide groups is 1. The number of carbonyl (C=O) groups is 2. The second-order valence-corrected chi connectivity index (χ2v) is 6.24. The van der Waals surface area contributed by atoms with Crippen LogP contribution >= 0.6 is 0 Å². The molecule has 2 amide bonds. The van der Waals surface area contributed by atoms with E-state index in [0.717, 1.165) is 0 Å². The Labute approximate surface area is 147 Å². The number of ether oxygens (including phenoxy) is 3. The van der Waals surface area contributed by atoms with Crippen LogP contribution < -0.4 is 0 Å². The molecule has 0 spiro atoms. The Kier molecular flexibility index (Phi) is 5.53. The van der Waals surface area contributed by atoms with E-state index >= 15 is 0 Å². The van der Waals surface area contributed by atoms with Crippen LogP contribution in [0.25, 0.3) is 0 Å². The summed E-state index contributed by atoms with van der Waals surface area (Å²) < 4.78 is 16.5. The van der Waals surface area contributed by atoms with Crippen molar-refractivity contribution in [3.63, 3.8) is 0 Å². The maximum Gasteiger partial charge on any atom is 0.261 e. The maximum atomic E-state index is 12.2. The number of nitrogens with zero attached hydrogens (tertiary/aromatic N) is 1. The summed E-state index contributed by atoms with van der Waals surface area (Å²) >= 11 is 0. The molecule has 0 bridgehead atoms. The Hall–Kier alpha value is -1.74. The van der Waals surface area contributed by atoms with Gasteiger partial charge in [0, 0.05) is 0 Å². The predicted octanol–water partition coefficient (Wildman–Crippen LogP) is -0.229. The molecular formula is C17H22BNO6. The fourth-order valence-electron chi connectivity index (χ4n) is 3.28. The maximum absolute atomic E-state index is 12.2. The summed E-state index contributed by atoms with van der Waals surface area (Å²) in [6, 6.07) is 6.55. The van der Waals surface area contributed by atoms with Gasteiger partial charge in [0.1, 0.15) is 26.8 Å². The molecule has 1 N–H and O–H groups in total. The highest BCUT2D eigenvalue weighted by molar-refractivity contribution is 6.21. The van der Waals surface area contributed by atoms with Crippen molar-refractivity contribution in [1.82, 2.24) is 4.90 Å². The van der Waals surface area contributed by atoms with Gasteiger partial charge in [0.05, 0.1) is 36.4 Å². The van der Waals surface area contributed by atoms with Gasteiger partial charge in [-0.05, 0) is 18.6 Å². The molecular weight excluding hydrogens is 325 g/mol. The van der Waals surface area contributed by atoms with Gasteiger partial charge in [-0.15, -0.1) is 0 Å². The van der Waals surface area contributed by atoms with Gasteiger partial charge in [0.25, 0.3) is 11.8 Å². The topological polar surface area (TPSA) is 85.3 Å². The van der Waals surface area contributed by atoms with E-state index in [1.54, 1.807) is 24.3 Å². The highest BCUT2D eigenvalue weighted by Gasteiger charge is 2.41. The summed E-state index contributed by atoms with van der Waals surface area (Å²) in [5.74, 6) is -0.603. The van der Waals surface area contributed by atoms with Gasteiger partial charge in [-0.2, -0.15) is 0 Å². The van der Waals surface area contributed by atoms with Crippen molar-refractivity contribution in [3.05, 3.63) is 35.4 Å². The summed E-state index contributed by atoms with van der Waals surface area (Å²) in [5, 5.41) is 10.1. The number of benzene rings is 1. The van der Waals surface area contributed by atoms with E-state index in [1.165, 1.54) is 4.90 Å². The van der Waals surface area contributed by atoms with Crippen LogP contribution in [0, 0.1) is 0 Å². The van der Waals surface area contributed by atoms with Crippen molar-refractivity contribution in [3.8, 4) is 0 Å². The van der Waals surface area contributed by atoms with Gasteiger partial charge in [-0.3, -0.25) is 14.5 Å². The molecule has 0 radical (unpaired) electrons. The van der Waals surface area contributed by atoms with Crippen LogP contribution in [-0.2, 0) is 14.2 Å². The zero-order valence-corrected chi connectivity index (χ0v) is 14.4. The Morgan fingerprint density at radius 2 is 1.88 bits per heavy atom. The first kappa shape index (κ1) is 18.1. The molecule has 4 atom stereocenters. The van der Waals surface area contributed by atoms with Gasteiger partial charge < -0.3 is 19.3 Å². The fourth-order valence-corrected chi connectivity index (χ4v) is 3.28. The number of carbonyl (C=O) groups excluding carboxylic acids is 2. The standard InChI is InChI=1S/C17H22BNO6/c1-2-12-13(20)14(15(18)25-12)24-9-23-8-7-19-16(21)10-5-3-4-6-11(10)17(19)22/h3-6,12-15,20H,2,7-9,18H2,1H3/t12-,13+,14?,15-/m1/s1. The Morgan fingerprint density at radius 3 is 2.44 bits per heavy atom. The molecule has 2 aliphatic heterocycles. The molecule has 0 saturated carbocycles. The van der Waals surface area contributed by atoms with Gasteiger partial charge in [0.2, 0.25) is 0 Å². The first-order chi connectivity index (χ1) is 12.0. The smallest absolute Gasteiger partial charge is 0.261 e. The lowest BCUT2D eigenvalue weighted by Crippen LogP contribution is -2.37. The van der Waals surface area contributed by atoms with Crippen LogP contribution in [0.1, 0.15) is 34.1 Å². The zero-order valence-electron chi connectivity index (χ0n) is 14.4. The zero-order chi connectivity index (χ0) is 18.0. The molecule has 134 valence electrons. The highest BCUT2D eigenvalue weighted by atomic mass is 16.7. The van der Waals surface area contributed by atoms with Crippen LogP contribution in [0.15, 0.2) is 24.3 Å². The molecule has 0 aliphatic carbocycles. The summed E-state index contributed by atoms with van der Waals surface area (Å²) in [4.78, 5) is 25.6. The second kappa shape index (κ2) is 7.66. The van der Waals surface area contributed by atoms with Crippen molar-refractivity contribution < 1.29 is 28.9 Å². The third-order valence-corrected chi connectivity index (χ3v) is 4.65. The Balaban J connectivity index is 1.43. The van der Waals surface area contributed by atoms with Crippen LogP contribution in [0.5, 0.6) is 0 Å². The Morgan fingerprint density at radius 1 is 1.24 bits per heavy atom. The fraction of sp³-hybridized carbons (Fsp3) is 0.529. The molecule has 2 aliphatic rings. The third-order valence-electron chi connectivity index (χ3n) is 4.65. The molecule has 1 aromatic carbocycles. The molecule has 0 aromatic heterocycles. The minimum absolute atomic E-state index is 0.0327. The van der Waals surface area contributed by atoms with E-state index in [9.17, 15) is 14.7 Å². The largest absolute Gasteiger partial charge is 0.388 e. The van der Waals surface area contributed by atoms with E-state index < -0.39 is 12.2 Å². The predicted molar refractivity (Wildman–Crippen MR) is 91.0 cm³/mol. The number of fused-ring (bicyclic) bond motifs is 1. The molecule has 3 rings (SSSR count). The van der Waals surface area contributed by atoms with E-state index in [4.69, 9.17) is 14.2 Å². The molecule has 7 nitrogen and oxygen atoms in total. The number of hydrogen-bond donors (Lipinski definition) is 1. The molecule has 2 heterocycles. The average molecular weight is 347 g/mol. The highest BCUT2D eigenvalue weighted by Crippen LogP contribution is 2.24. The first-order valence-electron chi connectivity index (χ1n) is 8.52. The summed E-state index contributed by atoms with van der Waals surface area (Å²) in [5.41, 5.74) is 0.851. The number of aliphatic hydroxyl groups is 1. The monoisotopic (exact) mass is 347 g/mol. The van der Waals surface area contributed by atoms with Crippen molar-refractivity contribution in [1.29, 1.82) is 0 Å². The molecule has 1 fully saturated rings. The lowest BCUT2D eigenvalue weighted by molar-refractivity contribution is -0.117. The van der Waals surface area contributed by atoms with Crippen LogP contribution in [0.2, 0.25) is 0 Å². The second-order valence-electron chi connectivity index (χ2n) is 6.24. The van der Waals surface area contributed by atoms with E-state index in [1.807, 2.05) is 14.8 Å². The van der Waals surface area contributed by atoms with Crippen molar-refractivity contribution in [2.75, 3.05) is 19.9 Å². The lowest BCUT2D eigenvalue weighted by Gasteiger charge is -2.19. The van der Waals surface area contributed by atoms with Gasteiger partial charge in [-0.25, -0.2) is 0 Å². The summed E-state index contributed by atoms with van der Waals surface area (Å²) in [7, 11) is 1.85. The quantitative estimate of drug-likeness (QED) is 0.318. The molecule has 1 saturated heterocycles. The molecule has 1 aromatic rings.